The molecular formula is C17H21Cl2N3O. The Bertz CT molecular complexity index is 671. The zero-order chi connectivity index (χ0) is 15.5. The lowest BCUT2D eigenvalue weighted by Gasteiger charge is -2.33. The van der Waals surface area contributed by atoms with Gasteiger partial charge < -0.3 is 9.47 Å². The fourth-order valence-corrected chi connectivity index (χ4v) is 3.32. The van der Waals surface area contributed by atoms with Crippen LogP contribution in [0.25, 0.3) is 0 Å². The summed E-state index contributed by atoms with van der Waals surface area (Å²) in [5, 5.41) is 0.663. The minimum atomic E-state index is 0. The fourth-order valence-electron chi connectivity index (χ4n) is 3.12. The predicted octanol–water partition coefficient (Wildman–Crippen LogP) is 3.44. The summed E-state index contributed by atoms with van der Waals surface area (Å²) in [5.74, 6) is 0.524. The average Bonchev–Trinajstić information content (AvgIpc) is 2.96. The number of piperidine rings is 1. The Hall–Kier alpha value is -1.52. The largest absolute Gasteiger partial charge is 0.342 e. The summed E-state index contributed by atoms with van der Waals surface area (Å²) < 4.78 is 2.05. The Balaban J connectivity index is 0.00000192. The molecule has 1 unspecified atom stereocenters. The molecule has 0 N–H and O–H groups in total. The zero-order valence-corrected chi connectivity index (χ0v) is 14.7. The Morgan fingerprint density at radius 2 is 2.17 bits per heavy atom. The third-order valence-electron chi connectivity index (χ3n) is 4.35. The van der Waals surface area contributed by atoms with Crippen molar-refractivity contribution < 1.29 is 4.79 Å². The van der Waals surface area contributed by atoms with E-state index in [1.165, 1.54) is 5.69 Å². The molecule has 0 aliphatic carbocycles. The van der Waals surface area contributed by atoms with E-state index in [1.807, 2.05) is 53.3 Å². The highest BCUT2D eigenvalue weighted by molar-refractivity contribution is 6.31. The van der Waals surface area contributed by atoms with Crippen molar-refractivity contribution in [2.24, 2.45) is 7.05 Å². The van der Waals surface area contributed by atoms with E-state index in [0.29, 0.717) is 17.4 Å². The van der Waals surface area contributed by atoms with Gasteiger partial charge in [-0.2, -0.15) is 0 Å². The molecule has 4 nitrogen and oxygen atoms in total. The number of carbonyl (C=O) groups excluding carboxylic acids is 1. The van der Waals surface area contributed by atoms with E-state index in [2.05, 4.69) is 4.98 Å². The number of benzene rings is 1. The van der Waals surface area contributed by atoms with Crippen LogP contribution in [-0.2, 0) is 18.3 Å². The highest BCUT2D eigenvalue weighted by atomic mass is 35.5. The van der Waals surface area contributed by atoms with Gasteiger partial charge >= 0.3 is 0 Å². The minimum Gasteiger partial charge on any atom is -0.342 e. The van der Waals surface area contributed by atoms with Crippen LogP contribution < -0.4 is 0 Å². The molecule has 3 rings (SSSR count). The van der Waals surface area contributed by atoms with Crippen LogP contribution in [0.3, 0.4) is 0 Å². The molecule has 124 valence electrons. The summed E-state index contributed by atoms with van der Waals surface area (Å²) in [6.45, 7) is 1.60. The van der Waals surface area contributed by atoms with Crippen molar-refractivity contribution >= 4 is 29.9 Å². The maximum absolute atomic E-state index is 12.6. The number of carbonyl (C=O) groups is 1. The predicted molar refractivity (Wildman–Crippen MR) is 94.2 cm³/mol. The second kappa shape index (κ2) is 7.84. The minimum absolute atomic E-state index is 0. The molecule has 1 saturated heterocycles. The number of aryl methyl sites for hydroxylation is 1. The van der Waals surface area contributed by atoms with Crippen molar-refractivity contribution in [3.63, 3.8) is 0 Å². The molecule has 1 aromatic heterocycles. The molecule has 0 bridgehead atoms. The fraction of sp³-hybridized carbons (Fsp3) is 0.412. The Labute approximate surface area is 147 Å². The Kier molecular flexibility index (Phi) is 6.08. The van der Waals surface area contributed by atoms with E-state index in [0.717, 1.165) is 31.5 Å². The van der Waals surface area contributed by atoms with Crippen molar-refractivity contribution in [3.05, 3.63) is 53.1 Å². The van der Waals surface area contributed by atoms with E-state index in [9.17, 15) is 4.79 Å². The van der Waals surface area contributed by atoms with Gasteiger partial charge in [0.25, 0.3) is 0 Å². The maximum atomic E-state index is 12.6. The standard InChI is InChI=1S/C17H20ClN3O.ClH/c1-20-12-19-10-16(20)14-6-4-8-21(11-14)17(22)9-13-5-2-3-7-15(13)18;/h2-3,5,7,10,12,14H,4,6,8-9,11H2,1H3;1H. The maximum Gasteiger partial charge on any atom is 0.227 e. The molecule has 2 aromatic rings. The first-order valence-electron chi connectivity index (χ1n) is 7.62. The van der Waals surface area contributed by atoms with Crippen molar-refractivity contribution in [1.29, 1.82) is 0 Å². The van der Waals surface area contributed by atoms with Gasteiger partial charge in [0.05, 0.1) is 12.7 Å². The van der Waals surface area contributed by atoms with Crippen LogP contribution in [0.4, 0.5) is 0 Å². The molecule has 23 heavy (non-hydrogen) atoms. The number of halogens is 2. The van der Waals surface area contributed by atoms with Gasteiger partial charge in [0.2, 0.25) is 5.91 Å². The molecule has 1 aliphatic rings. The van der Waals surface area contributed by atoms with Crippen molar-refractivity contribution in [3.8, 4) is 0 Å². The van der Waals surface area contributed by atoms with Crippen molar-refractivity contribution in [1.82, 2.24) is 14.5 Å². The van der Waals surface area contributed by atoms with Crippen LogP contribution in [0.15, 0.2) is 36.8 Å². The molecule has 2 heterocycles. The number of likely N-dealkylation sites (tertiary alicyclic amines) is 1. The van der Waals surface area contributed by atoms with Gasteiger partial charge in [-0.1, -0.05) is 29.8 Å². The smallest absolute Gasteiger partial charge is 0.227 e. The van der Waals surface area contributed by atoms with E-state index in [4.69, 9.17) is 11.6 Å². The van der Waals surface area contributed by atoms with Crippen LogP contribution in [0, 0.1) is 0 Å². The SMILES string of the molecule is Cl.Cn1cncc1C1CCCN(C(=O)Cc2ccccc2Cl)C1. The third kappa shape index (κ3) is 4.06. The number of nitrogens with zero attached hydrogens (tertiary/aromatic N) is 3. The molecule has 1 atom stereocenters. The number of aromatic nitrogens is 2. The van der Waals surface area contributed by atoms with Gasteiger partial charge in [-0.15, -0.1) is 12.4 Å². The van der Waals surface area contributed by atoms with Crippen molar-refractivity contribution in [2.45, 2.75) is 25.2 Å². The zero-order valence-electron chi connectivity index (χ0n) is 13.1. The number of rotatable bonds is 3. The van der Waals surface area contributed by atoms with Crippen molar-refractivity contribution in [2.75, 3.05) is 13.1 Å². The van der Waals surface area contributed by atoms with Gasteiger partial charge in [0, 0.05) is 43.0 Å². The quantitative estimate of drug-likeness (QED) is 0.847. The van der Waals surface area contributed by atoms with Crippen LogP contribution in [0.2, 0.25) is 5.02 Å². The summed E-state index contributed by atoms with van der Waals surface area (Å²) in [6.07, 6.45) is 6.24. The molecule has 6 heteroatoms. The molecule has 0 spiro atoms. The van der Waals surface area contributed by atoms with Gasteiger partial charge in [0.15, 0.2) is 0 Å². The lowest BCUT2D eigenvalue weighted by molar-refractivity contribution is -0.131. The summed E-state index contributed by atoms with van der Waals surface area (Å²) in [5.41, 5.74) is 2.10. The molecule has 0 radical (unpaired) electrons. The molecular weight excluding hydrogens is 333 g/mol. The topological polar surface area (TPSA) is 38.1 Å². The highest BCUT2D eigenvalue weighted by Crippen LogP contribution is 2.27. The van der Waals surface area contributed by atoms with Gasteiger partial charge in [-0.25, -0.2) is 4.98 Å². The number of hydrogen-bond acceptors (Lipinski definition) is 2. The summed E-state index contributed by atoms with van der Waals surface area (Å²) in [4.78, 5) is 18.7. The molecule has 1 amide bonds. The van der Waals surface area contributed by atoms with Crippen LogP contribution in [-0.4, -0.2) is 33.4 Å². The first kappa shape index (κ1) is 17.8. The molecule has 1 aromatic carbocycles. The normalized spacial score (nSPS) is 17.7. The van der Waals surface area contributed by atoms with Gasteiger partial charge in [-0.05, 0) is 24.5 Å². The summed E-state index contributed by atoms with van der Waals surface area (Å²) in [7, 11) is 2.01. The van der Waals surface area contributed by atoms with Crippen LogP contribution in [0.1, 0.15) is 30.0 Å². The molecule has 0 saturated carbocycles. The number of imidazole rings is 1. The second-order valence-electron chi connectivity index (χ2n) is 5.88. The summed E-state index contributed by atoms with van der Waals surface area (Å²) >= 11 is 6.16. The first-order valence-corrected chi connectivity index (χ1v) is 8.00. The first-order chi connectivity index (χ1) is 10.6. The Morgan fingerprint density at radius 1 is 1.39 bits per heavy atom. The van der Waals surface area contributed by atoms with E-state index >= 15 is 0 Å². The monoisotopic (exact) mass is 353 g/mol. The molecule has 1 fully saturated rings. The second-order valence-corrected chi connectivity index (χ2v) is 6.28. The highest BCUT2D eigenvalue weighted by Gasteiger charge is 2.26. The van der Waals surface area contributed by atoms with E-state index in [1.54, 1.807) is 0 Å². The number of hydrogen-bond donors (Lipinski definition) is 0. The number of amides is 1. The lowest BCUT2D eigenvalue weighted by atomic mass is 9.94. The summed E-state index contributed by atoms with van der Waals surface area (Å²) in [6, 6.07) is 7.56. The third-order valence-corrected chi connectivity index (χ3v) is 4.71. The van der Waals surface area contributed by atoms with Gasteiger partial charge in [0.1, 0.15) is 0 Å². The Morgan fingerprint density at radius 3 is 2.87 bits per heavy atom. The van der Waals surface area contributed by atoms with Crippen LogP contribution >= 0.6 is 24.0 Å². The van der Waals surface area contributed by atoms with Gasteiger partial charge in [-0.3, -0.25) is 4.79 Å². The van der Waals surface area contributed by atoms with Crippen LogP contribution in [0.5, 0.6) is 0 Å². The lowest BCUT2D eigenvalue weighted by Crippen LogP contribution is -2.40. The molecule has 1 aliphatic heterocycles. The van der Waals surface area contributed by atoms with E-state index < -0.39 is 0 Å². The van der Waals surface area contributed by atoms with E-state index in [-0.39, 0.29) is 18.3 Å². The average molecular weight is 354 g/mol.